The molecule has 0 saturated carbocycles. The molecule has 0 radical (unpaired) electrons. The predicted octanol–water partition coefficient (Wildman–Crippen LogP) is 3.51. The molecule has 21 heavy (non-hydrogen) atoms. The smallest absolute Gasteiger partial charge is 0.257 e. The van der Waals surface area contributed by atoms with E-state index in [0.29, 0.717) is 12.1 Å². The van der Waals surface area contributed by atoms with Crippen molar-refractivity contribution >= 4 is 28.4 Å². The van der Waals surface area contributed by atoms with Crippen LogP contribution in [0.1, 0.15) is 24.2 Å². The van der Waals surface area contributed by atoms with E-state index in [1.165, 1.54) is 0 Å². The topological polar surface area (TPSA) is 40.5 Å². The van der Waals surface area contributed by atoms with Crippen LogP contribution in [0.3, 0.4) is 0 Å². The first-order chi connectivity index (χ1) is 9.96. The average molecular weight is 301 g/mol. The summed E-state index contributed by atoms with van der Waals surface area (Å²) in [5, 5.41) is 12.1. The summed E-state index contributed by atoms with van der Waals surface area (Å²) in [6.45, 7) is 5.75. The van der Waals surface area contributed by atoms with Gasteiger partial charge in [-0.15, -0.1) is 0 Å². The van der Waals surface area contributed by atoms with Crippen LogP contribution in [0.15, 0.2) is 36.4 Å². The Morgan fingerprint density at radius 3 is 2.57 bits per heavy atom. The molecule has 0 spiro atoms. The second-order valence-corrected chi connectivity index (χ2v) is 7.85. The molecule has 1 heterocycles. The van der Waals surface area contributed by atoms with Crippen LogP contribution in [0.5, 0.6) is 5.75 Å². The fraction of sp³-hybridized carbons (Fsp3) is 0.353. The summed E-state index contributed by atoms with van der Waals surface area (Å²) >= 11 is 1.89. The number of benzene rings is 2. The summed E-state index contributed by atoms with van der Waals surface area (Å²) in [5.74, 6) is 0.925. The molecule has 110 valence electrons. The maximum Gasteiger partial charge on any atom is 0.257 e. The number of fused-ring (bicyclic) bond motifs is 1. The summed E-state index contributed by atoms with van der Waals surface area (Å²) in [5.41, 5.74) is 0.399. The van der Waals surface area contributed by atoms with Crippen LogP contribution in [-0.2, 0) is 0 Å². The molecule has 1 aliphatic heterocycles. The third kappa shape index (κ3) is 2.86. The first-order valence-electron chi connectivity index (χ1n) is 7.11. The molecular formula is C17H19NO2S. The number of carbonyl (C=O) groups excluding carboxylic acids is 1. The van der Waals surface area contributed by atoms with Gasteiger partial charge in [-0.1, -0.05) is 24.3 Å². The number of carbonyl (C=O) groups is 1. The molecule has 1 amide bonds. The van der Waals surface area contributed by atoms with E-state index < -0.39 is 0 Å². The van der Waals surface area contributed by atoms with E-state index in [2.05, 4.69) is 13.8 Å². The lowest BCUT2D eigenvalue weighted by atomic mass is 10.0. The van der Waals surface area contributed by atoms with Gasteiger partial charge in [0, 0.05) is 23.6 Å². The molecule has 0 unspecified atom stereocenters. The van der Waals surface area contributed by atoms with Crippen molar-refractivity contribution in [1.29, 1.82) is 0 Å². The molecule has 4 heteroatoms. The summed E-state index contributed by atoms with van der Waals surface area (Å²) in [6.07, 6.45) is 0. The summed E-state index contributed by atoms with van der Waals surface area (Å²) in [7, 11) is 0. The molecular weight excluding hydrogens is 282 g/mol. The van der Waals surface area contributed by atoms with Crippen LogP contribution in [0.25, 0.3) is 10.8 Å². The number of phenolic OH excluding ortho intramolecular Hbond substituents is 1. The summed E-state index contributed by atoms with van der Waals surface area (Å²) in [6, 6.07) is 11.2. The Hall–Kier alpha value is -1.68. The highest BCUT2D eigenvalue weighted by atomic mass is 32.2. The molecule has 1 fully saturated rings. The number of aromatic hydroxyl groups is 1. The van der Waals surface area contributed by atoms with Crippen molar-refractivity contribution in [2.75, 3.05) is 18.8 Å². The minimum atomic E-state index is -0.0772. The zero-order chi connectivity index (χ0) is 15.0. The van der Waals surface area contributed by atoms with Crippen molar-refractivity contribution in [2.45, 2.75) is 18.6 Å². The van der Waals surface area contributed by atoms with Crippen molar-refractivity contribution in [3.8, 4) is 5.75 Å². The van der Waals surface area contributed by atoms with E-state index in [-0.39, 0.29) is 16.4 Å². The van der Waals surface area contributed by atoms with Crippen LogP contribution in [0, 0.1) is 0 Å². The second-order valence-electron chi connectivity index (χ2n) is 6.05. The molecule has 1 N–H and O–H groups in total. The predicted molar refractivity (Wildman–Crippen MR) is 88.1 cm³/mol. The van der Waals surface area contributed by atoms with E-state index in [9.17, 15) is 9.90 Å². The Morgan fingerprint density at radius 1 is 1.24 bits per heavy atom. The highest BCUT2D eigenvalue weighted by molar-refractivity contribution is 8.00. The van der Waals surface area contributed by atoms with Crippen LogP contribution in [0.4, 0.5) is 0 Å². The van der Waals surface area contributed by atoms with Crippen molar-refractivity contribution in [3.05, 3.63) is 42.0 Å². The lowest BCUT2D eigenvalue weighted by molar-refractivity contribution is 0.0745. The van der Waals surface area contributed by atoms with Gasteiger partial charge in [0.25, 0.3) is 5.91 Å². The first kappa shape index (κ1) is 14.3. The summed E-state index contributed by atoms with van der Waals surface area (Å²) < 4.78 is 0.0698. The second kappa shape index (κ2) is 5.26. The quantitative estimate of drug-likeness (QED) is 0.876. The lowest BCUT2D eigenvalue weighted by Gasteiger charge is -2.37. The highest BCUT2D eigenvalue weighted by Gasteiger charge is 2.31. The normalized spacial score (nSPS) is 17.9. The minimum absolute atomic E-state index is 0.0646. The number of nitrogens with zero attached hydrogens (tertiary/aromatic N) is 1. The maximum atomic E-state index is 12.7. The van der Waals surface area contributed by atoms with Gasteiger partial charge in [-0.25, -0.2) is 0 Å². The molecule has 1 saturated heterocycles. The van der Waals surface area contributed by atoms with E-state index in [4.69, 9.17) is 0 Å². The van der Waals surface area contributed by atoms with Gasteiger partial charge in [-0.2, -0.15) is 11.8 Å². The molecule has 2 aromatic carbocycles. The standard InChI is InChI=1S/C17H19NO2S/c1-17(2)11-18(7-8-21-17)16(20)14-9-12-5-3-4-6-13(12)10-15(14)19/h3-6,9-10,19H,7-8,11H2,1-2H3. The molecule has 3 nitrogen and oxygen atoms in total. The first-order valence-corrected chi connectivity index (χ1v) is 8.10. The van der Waals surface area contributed by atoms with Crippen LogP contribution in [0.2, 0.25) is 0 Å². The Labute approximate surface area is 129 Å². The third-order valence-corrected chi connectivity index (χ3v) is 5.10. The fourth-order valence-corrected chi connectivity index (χ4v) is 3.87. The SMILES string of the molecule is CC1(C)CN(C(=O)c2cc3ccccc3cc2O)CCS1. The van der Waals surface area contributed by atoms with Crippen molar-refractivity contribution in [2.24, 2.45) is 0 Å². The van der Waals surface area contributed by atoms with Crippen molar-refractivity contribution in [3.63, 3.8) is 0 Å². The number of thioether (sulfide) groups is 1. The number of phenols is 1. The number of rotatable bonds is 1. The zero-order valence-electron chi connectivity index (χ0n) is 12.3. The molecule has 0 bridgehead atoms. The minimum Gasteiger partial charge on any atom is -0.507 e. The maximum absolute atomic E-state index is 12.7. The van der Waals surface area contributed by atoms with Crippen molar-refractivity contribution < 1.29 is 9.90 Å². The van der Waals surface area contributed by atoms with Crippen LogP contribution in [-0.4, -0.2) is 39.5 Å². The highest BCUT2D eigenvalue weighted by Crippen LogP contribution is 2.32. The molecule has 2 aromatic rings. The zero-order valence-corrected chi connectivity index (χ0v) is 13.1. The Morgan fingerprint density at radius 2 is 1.90 bits per heavy atom. The van der Waals surface area contributed by atoms with E-state index in [1.54, 1.807) is 12.1 Å². The number of hydrogen-bond donors (Lipinski definition) is 1. The Kier molecular flexibility index (Phi) is 3.57. The number of hydrogen-bond acceptors (Lipinski definition) is 3. The van der Waals surface area contributed by atoms with E-state index >= 15 is 0 Å². The van der Waals surface area contributed by atoms with Gasteiger partial charge in [-0.3, -0.25) is 4.79 Å². The largest absolute Gasteiger partial charge is 0.507 e. The van der Waals surface area contributed by atoms with Gasteiger partial charge in [0.05, 0.1) is 5.56 Å². The average Bonchev–Trinajstić information content (AvgIpc) is 2.44. The van der Waals surface area contributed by atoms with Gasteiger partial charge >= 0.3 is 0 Å². The van der Waals surface area contributed by atoms with E-state index in [0.717, 1.165) is 23.1 Å². The van der Waals surface area contributed by atoms with Gasteiger partial charge in [0.2, 0.25) is 0 Å². The van der Waals surface area contributed by atoms with Crippen LogP contribution >= 0.6 is 11.8 Å². The molecule has 0 atom stereocenters. The molecule has 0 aliphatic carbocycles. The van der Waals surface area contributed by atoms with Crippen LogP contribution < -0.4 is 0 Å². The monoisotopic (exact) mass is 301 g/mol. The Balaban J connectivity index is 1.96. The summed E-state index contributed by atoms with van der Waals surface area (Å²) in [4.78, 5) is 14.6. The third-order valence-electron chi connectivity index (χ3n) is 3.81. The van der Waals surface area contributed by atoms with E-state index in [1.807, 2.05) is 40.9 Å². The molecule has 0 aromatic heterocycles. The van der Waals surface area contributed by atoms with Gasteiger partial charge in [0.1, 0.15) is 5.75 Å². The lowest BCUT2D eigenvalue weighted by Crippen LogP contribution is -2.46. The van der Waals surface area contributed by atoms with Gasteiger partial charge in [0.15, 0.2) is 0 Å². The fourth-order valence-electron chi connectivity index (χ4n) is 2.76. The Bertz CT molecular complexity index is 696. The van der Waals surface area contributed by atoms with Gasteiger partial charge < -0.3 is 10.0 Å². The molecule has 3 rings (SSSR count). The molecule has 1 aliphatic rings. The number of amides is 1. The van der Waals surface area contributed by atoms with Crippen molar-refractivity contribution in [1.82, 2.24) is 4.90 Å². The van der Waals surface area contributed by atoms with Gasteiger partial charge in [-0.05, 0) is 36.8 Å².